The number of rotatable bonds is 3. The van der Waals surface area contributed by atoms with Gasteiger partial charge in [0.25, 0.3) is 5.91 Å². The molecular formula is C19H14ClN3O4S. The Morgan fingerprint density at radius 3 is 2.46 bits per heavy atom. The van der Waals surface area contributed by atoms with Crippen LogP contribution in [0.15, 0.2) is 70.6 Å². The van der Waals surface area contributed by atoms with Gasteiger partial charge < -0.3 is 10.1 Å². The van der Waals surface area contributed by atoms with Crippen LogP contribution in [0.4, 0.5) is 16.2 Å². The van der Waals surface area contributed by atoms with Crippen molar-refractivity contribution < 1.29 is 19.1 Å². The van der Waals surface area contributed by atoms with Crippen LogP contribution in [-0.4, -0.2) is 30.2 Å². The first-order valence-corrected chi connectivity index (χ1v) is 9.19. The Kier molecular flexibility index (Phi) is 6.13. The van der Waals surface area contributed by atoms with Gasteiger partial charge in [-0.25, -0.2) is 9.59 Å². The third-order valence-corrected chi connectivity index (χ3v) is 4.78. The molecule has 3 amide bonds. The van der Waals surface area contributed by atoms with E-state index in [9.17, 15) is 14.4 Å². The SMILES string of the molecule is COC(=O)C=C1SC(=NC(=O)Nc2ccc(Cl)cc2)N(c2ccccc2)C1=O. The molecule has 0 atom stereocenters. The molecular weight excluding hydrogens is 402 g/mol. The van der Waals surface area contributed by atoms with Crippen LogP contribution in [0.1, 0.15) is 0 Å². The molecule has 1 aliphatic rings. The lowest BCUT2D eigenvalue weighted by Crippen LogP contribution is -2.30. The predicted octanol–water partition coefficient (Wildman–Crippen LogP) is 4.06. The van der Waals surface area contributed by atoms with Crippen molar-refractivity contribution in [3.05, 3.63) is 70.6 Å². The number of esters is 1. The lowest BCUT2D eigenvalue weighted by atomic mass is 10.3. The van der Waals surface area contributed by atoms with E-state index in [1.807, 2.05) is 0 Å². The van der Waals surface area contributed by atoms with E-state index in [2.05, 4.69) is 15.0 Å². The van der Waals surface area contributed by atoms with Gasteiger partial charge >= 0.3 is 12.0 Å². The Balaban J connectivity index is 1.91. The van der Waals surface area contributed by atoms with Gasteiger partial charge in [-0.2, -0.15) is 4.99 Å². The molecule has 9 heteroatoms. The highest BCUT2D eigenvalue weighted by Gasteiger charge is 2.35. The molecule has 0 bridgehead atoms. The second-order valence-electron chi connectivity index (χ2n) is 5.44. The van der Waals surface area contributed by atoms with Crippen LogP contribution in [0, 0.1) is 0 Å². The Morgan fingerprint density at radius 2 is 1.82 bits per heavy atom. The van der Waals surface area contributed by atoms with Gasteiger partial charge in [-0.1, -0.05) is 29.8 Å². The van der Waals surface area contributed by atoms with Crippen molar-refractivity contribution in [2.24, 2.45) is 4.99 Å². The van der Waals surface area contributed by atoms with Crippen LogP contribution >= 0.6 is 23.4 Å². The number of aliphatic imine (C=N–C) groups is 1. The largest absolute Gasteiger partial charge is 0.466 e. The van der Waals surface area contributed by atoms with Crippen molar-refractivity contribution >= 4 is 57.8 Å². The van der Waals surface area contributed by atoms with E-state index in [0.29, 0.717) is 16.4 Å². The zero-order chi connectivity index (χ0) is 20.1. The molecule has 2 aromatic carbocycles. The number of carbonyl (C=O) groups excluding carboxylic acids is 3. The number of anilines is 2. The van der Waals surface area contributed by atoms with Gasteiger partial charge in [-0.15, -0.1) is 0 Å². The van der Waals surface area contributed by atoms with Gasteiger partial charge in [0.05, 0.1) is 17.7 Å². The van der Waals surface area contributed by atoms with Gasteiger partial charge in [-0.05, 0) is 48.2 Å². The molecule has 1 N–H and O–H groups in total. The number of para-hydroxylation sites is 1. The van der Waals surface area contributed by atoms with Crippen LogP contribution in [0.2, 0.25) is 5.02 Å². The molecule has 0 saturated carbocycles. The first kappa shape index (κ1) is 19.7. The highest BCUT2D eigenvalue weighted by atomic mass is 35.5. The summed E-state index contributed by atoms with van der Waals surface area (Å²) in [6, 6.07) is 14.6. The summed E-state index contributed by atoms with van der Waals surface area (Å²) in [5.41, 5.74) is 1.02. The van der Waals surface area contributed by atoms with Crippen molar-refractivity contribution in [1.82, 2.24) is 0 Å². The monoisotopic (exact) mass is 415 g/mol. The summed E-state index contributed by atoms with van der Waals surface area (Å²) < 4.78 is 4.58. The summed E-state index contributed by atoms with van der Waals surface area (Å²) >= 11 is 6.74. The minimum absolute atomic E-state index is 0.105. The molecule has 0 unspecified atom stereocenters. The number of halogens is 1. The molecule has 1 saturated heterocycles. The maximum atomic E-state index is 12.7. The average Bonchev–Trinajstić information content (AvgIpc) is 2.98. The highest BCUT2D eigenvalue weighted by molar-refractivity contribution is 8.19. The molecule has 142 valence electrons. The van der Waals surface area contributed by atoms with Crippen LogP contribution in [0.25, 0.3) is 0 Å². The van der Waals surface area contributed by atoms with Crippen molar-refractivity contribution in [3.8, 4) is 0 Å². The zero-order valence-electron chi connectivity index (χ0n) is 14.6. The standard InChI is InChI=1S/C19H14ClN3O4S/c1-27-16(24)11-15-17(25)23(14-5-3-2-4-6-14)19(28-15)22-18(26)21-13-9-7-12(20)8-10-13/h2-11H,1H3,(H,21,26). The summed E-state index contributed by atoms with van der Waals surface area (Å²) in [5.74, 6) is -1.14. The second-order valence-corrected chi connectivity index (χ2v) is 6.89. The zero-order valence-corrected chi connectivity index (χ0v) is 16.2. The lowest BCUT2D eigenvalue weighted by molar-refractivity contribution is -0.135. The van der Waals surface area contributed by atoms with E-state index in [4.69, 9.17) is 11.6 Å². The van der Waals surface area contributed by atoms with E-state index in [1.165, 1.54) is 12.0 Å². The van der Waals surface area contributed by atoms with Gasteiger partial charge in [0.2, 0.25) is 0 Å². The number of thioether (sulfide) groups is 1. The van der Waals surface area contributed by atoms with E-state index in [0.717, 1.165) is 17.8 Å². The number of ether oxygens (including phenoxy) is 1. The number of urea groups is 1. The molecule has 0 spiro atoms. The van der Waals surface area contributed by atoms with Crippen LogP contribution in [0.5, 0.6) is 0 Å². The summed E-state index contributed by atoms with van der Waals surface area (Å²) in [7, 11) is 1.22. The molecule has 2 aromatic rings. The van der Waals surface area contributed by atoms with Gasteiger partial charge in [0.1, 0.15) is 0 Å². The van der Waals surface area contributed by atoms with Crippen molar-refractivity contribution in [1.29, 1.82) is 0 Å². The van der Waals surface area contributed by atoms with Crippen molar-refractivity contribution in [3.63, 3.8) is 0 Å². The van der Waals surface area contributed by atoms with Gasteiger partial charge in [0, 0.05) is 16.8 Å². The van der Waals surface area contributed by atoms with Crippen LogP contribution < -0.4 is 10.2 Å². The summed E-state index contributed by atoms with van der Waals surface area (Å²) in [4.78, 5) is 42.0. The Labute approximate surface area is 170 Å². The molecule has 1 fully saturated rings. The maximum absolute atomic E-state index is 12.7. The minimum atomic E-state index is -0.671. The summed E-state index contributed by atoms with van der Waals surface area (Å²) in [6.07, 6.45) is 1.07. The fourth-order valence-corrected chi connectivity index (χ4v) is 3.36. The first-order valence-electron chi connectivity index (χ1n) is 8.00. The van der Waals surface area contributed by atoms with Gasteiger partial charge in [0.15, 0.2) is 5.17 Å². The topological polar surface area (TPSA) is 88.1 Å². The smallest absolute Gasteiger partial charge is 0.347 e. The number of nitrogens with one attached hydrogen (secondary N) is 1. The molecule has 7 nitrogen and oxygen atoms in total. The average molecular weight is 416 g/mol. The van der Waals surface area contributed by atoms with E-state index in [1.54, 1.807) is 54.6 Å². The quantitative estimate of drug-likeness (QED) is 0.603. The number of hydrogen-bond acceptors (Lipinski definition) is 5. The number of carbonyl (C=O) groups is 3. The number of amidine groups is 1. The second kappa shape index (κ2) is 8.73. The predicted molar refractivity (Wildman–Crippen MR) is 110 cm³/mol. The third-order valence-electron chi connectivity index (χ3n) is 3.56. The Bertz CT molecular complexity index is 974. The lowest BCUT2D eigenvalue weighted by Gasteiger charge is -2.15. The van der Waals surface area contributed by atoms with Gasteiger partial charge in [-0.3, -0.25) is 9.69 Å². The molecule has 0 aliphatic carbocycles. The summed E-state index contributed by atoms with van der Waals surface area (Å²) in [5, 5.41) is 3.26. The number of nitrogens with zero attached hydrogens (tertiary/aromatic N) is 2. The molecule has 28 heavy (non-hydrogen) atoms. The van der Waals surface area contributed by atoms with Crippen molar-refractivity contribution in [2.45, 2.75) is 0 Å². The molecule has 0 aromatic heterocycles. The minimum Gasteiger partial charge on any atom is -0.466 e. The molecule has 1 heterocycles. The normalized spacial score (nSPS) is 16.5. The van der Waals surface area contributed by atoms with Crippen LogP contribution in [0.3, 0.4) is 0 Å². The van der Waals surface area contributed by atoms with Crippen molar-refractivity contribution in [2.75, 3.05) is 17.3 Å². The third kappa shape index (κ3) is 4.59. The highest BCUT2D eigenvalue weighted by Crippen LogP contribution is 2.34. The van der Waals surface area contributed by atoms with Crippen LogP contribution in [-0.2, 0) is 14.3 Å². The molecule has 0 radical (unpaired) electrons. The van der Waals surface area contributed by atoms with E-state index >= 15 is 0 Å². The number of amides is 3. The fourth-order valence-electron chi connectivity index (χ4n) is 2.29. The molecule has 1 aliphatic heterocycles. The molecule has 3 rings (SSSR count). The summed E-state index contributed by atoms with van der Waals surface area (Å²) in [6.45, 7) is 0. The van der Waals surface area contributed by atoms with E-state index in [-0.39, 0.29) is 10.1 Å². The number of methoxy groups -OCH3 is 1. The Morgan fingerprint density at radius 1 is 1.14 bits per heavy atom. The Hall–Kier alpha value is -3.10. The van der Waals surface area contributed by atoms with E-state index < -0.39 is 17.9 Å². The maximum Gasteiger partial charge on any atom is 0.347 e. The fraction of sp³-hybridized carbons (Fsp3) is 0.0526. The number of benzene rings is 2. The number of hydrogen-bond donors (Lipinski definition) is 1. The first-order chi connectivity index (χ1) is 13.5.